The van der Waals surface area contributed by atoms with E-state index >= 15 is 0 Å². The second-order valence-corrected chi connectivity index (χ2v) is 3.62. The summed E-state index contributed by atoms with van der Waals surface area (Å²) in [5, 5.41) is 2.84. The van der Waals surface area contributed by atoms with E-state index in [1.165, 1.54) is 12.5 Å². The molecule has 0 spiro atoms. The molecule has 0 aromatic carbocycles. The topological polar surface area (TPSA) is 114 Å². The van der Waals surface area contributed by atoms with Crippen molar-refractivity contribution in [2.24, 2.45) is 16.6 Å². The van der Waals surface area contributed by atoms with Gasteiger partial charge in [-0.15, -0.1) is 0 Å². The number of oxazole rings is 1. The molecule has 15 heavy (non-hydrogen) atoms. The smallest absolute Gasteiger partial charge is 0.243 e. The molecule has 1 aromatic heterocycles. The standard InChI is InChI=1S/C7H9BrN6O/c8-3-4(6-11-1-2-15-6)12-7(9)13-5(3)14-10/h1-2,5,14H,10H2,(H3,9,12,13). The van der Waals surface area contributed by atoms with Crippen LogP contribution in [0.15, 0.2) is 26.4 Å². The van der Waals surface area contributed by atoms with Crippen molar-refractivity contribution in [3.05, 3.63) is 22.8 Å². The number of nitrogens with two attached hydrogens (primary N) is 2. The Labute approximate surface area is 93.7 Å². The molecule has 0 fully saturated rings. The van der Waals surface area contributed by atoms with Gasteiger partial charge in [0.2, 0.25) is 5.89 Å². The average molecular weight is 273 g/mol. The lowest BCUT2D eigenvalue weighted by atomic mass is 10.3. The summed E-state index contributed by atoms with van der Waals surface area (Å²) in [4.78, 5) is 8.01. The first-order valence-electron chi connectivity index (χ1n) is 4.08. The fourth-order valence-electron chi connectivity index (χ4n) is 1.17. The predicted octanol–water partition coefficient (Wildman–Crippen LogP) is -0.555. The lowest BCUT2D eigenvalue weighted by molar-refractivity contribution is 0.535. The number of halogens is 1. The van der Waals surface area contributed by atoms with E-state index in [9.17, 15) is 0 Å². The summed E-state index contributed by atoms with van der Waals surface area (Å²) in [6.07, 6.45) is 2.57. The lowest BCUT2D eigenvalue weighted by Crippen LogP contribution is -2.43. The Morgan fingerprint density at radius 2 is 2.40 bits per heavy atom. The van der Waals surface area contributed by atoms with Gasteiger partial charge in [-0.2, -0.15) is 0 Å². The van der Waals surface area contributed by atoms with Crippen molar-refractivity contribution >= 4 is 27.6 Å². The largest absolute Gasteiger partial charge is 0.443 e. The van der Waals surface area contributed by atoms with E-state index in [0.29, 0.717) is 16.1 Å². The van der Waals surface area contributed by atoms with Crippen LogP contribution in [0.3, 0.4) is 0 Å². The Hall–Kier alpha value is -1.38. The third kappa shape index (κ3) is 1.87. The third-order valence-electron chi connectivity index (χ3n) is 1.80. The van der Waals surface area contributed by atoms with Crippen LogP contribution < -0.4 is 22.3 Å². The van der Waals surface area contributed by atoms with E-state index in [1.54, 1.807) is 0 Å². The normalized spacial score (nSPS) is 21.2. The molecule has 0 amide bonds. The van der Waals surface area contributed by atoms with Crippen molar-refractivity contribution < 1.29 is 4.42 Å². The number of hydrogen-bond acceptors (Lipinski definition) is 7. The highest BCUT2D eigenvalue weighted by atomic mass is 79.9. The fourth-order valence-corrected chi connectivity index (χ4v) is 1.67. The van der Waals surface area contributed by atoms with Crippen molar-refractivity contribution in [3.8, 4) is 0 Å². The molecule has 1 unspecified atom stereocenters. The quantitative estimate of drug-likeness (QED) is 0.424. The van der Waals surface area contributed by atoms with Crippen molar-refractivity contribution in [2.75, 3.05) is 0 Å². The van der Waals surface area contributed by atoms with Gasteiger partial charge in [-0.1, -0.05) is 0 Å². The summed E-state index contributed by atoms with van der Waals surface area (Å²) < 4.78 is 5.83. The van der Waals surface area contributed by atoms with Crippen molar-refractivity contribution in [1.29, 1.82) is 0 Å². The molecule has 1 aliphatic rings. The molecule has 1 atom stereocenters. The molecule has 0 saturated heterocycles. The van der Waals surface area contributed by atoms with E-state index in [-0.39, 0.29) is 5.96 Å². The maximum Gasteiger partial charge on any atom is 0.243 e. The van der Waals surface area contributed by atoms with Crippen LogP contribution in [0.1, 0.15) is 5.89 Å². The van der Waals surface area contributed by atoms with Crippen LogP contribution in [0.25, 0.3) is 5.70 Å². The van der Waals surface area contributed by atoms with Gasteiger partial charge in [-0.25, -0.2) is 15.4 Å². The van der Waals surface area contributed by atoms with Gasteiger partial charge >= 0.3 is 0 Å². The van der Waals surface area contributed by atoms with Crippen LogP contribution >= 0.6 is 15.9 Å². The minimum absolute atomic E-state index is 0.245. The van der Waals surface area contributed by atoms with Gasteiger partial charge in [-0.3, -0.25) is 5.84 Å². The zero-order chi connectivity index (χ0) is 10.8. The number of hydrazine groups is 1. The molecule has 2 heterocycles. The molecular weight excluding hydrogens is 264 g/mol. The number of nitrogens with one attached hydrogen (secondary N) is 2. The molecule has 2 rings (SSSR count). The number of hydrogen-bond donors (Lipinski definition) is 4. The van der Waals surface area contributed by atoms with Crippen LogP contribution in [0.4, 0.5) is 0 Å². The maximum absolute atomic E-state index is 5.58. The second-order valence-electron chi connectivity index (χ2n) is 2.77. The van der Waals surface area contributed by atoms with E-state index < -0.39 is 6.17 Å². The van der Waals surface area contributed by atoms with Crippen molar-refractivity contribution in [1.82, 2.24) is 15.7 Å². The minimum Gasteiger partial charge on any atom is -0.443 e. The van der Waals surface area contributed by atoms with Crippen LogP contribution in [0, 0.1) is 0 Å². The van der Waals surface area contributed by atoms with Crippen LogP contribution in [-0.2, 0) is 0 Å². The second kappa shape index (κ2) is 4.01. The average Bonchev–Trinajstić information content (AvgIpc) is 2.74. The van der Waals surface area contributed by atoms with Crippen LogP contribution in [0.2, 0.25) is 0 Å². The van der Waals surface area contributed by atoms with Gasteiger partial charge in [0.15, 0.2) is 5.96 Å². The Morgan fingerprint density at radius 3 is 3.00 bits per heavy atom. The summed E-state index contributed by atoms with van der Waals surface area (Å²) in [6, 6.07) is 0. The highest BCUT2D eigenvalue weighted by molar-refractivity contribution is 9.11. The highest BCUT2D eigenvalue weighted by Gasteiger charge is 2.23. The minimum atomic E-state index is -0.437. The van der Waals surface area contributed by atoms with Gasteiger partial charge in [0.05, 0.1) is 10.7 Å². The molecule has 1 aromatic rings. The number of aliphatic imine (C=N–C) groups is 1. The summed E-state index contributed by atoms with van der Waals surface area (Å²) in [6.45, 7) is 0. The molecule has 0 radical (unpaired) electrons. The Bertz CT molecular complexity index is 411. The number of nitrogens with zero attached hydrogens (tertiary/aromatic N) is 2. The first-order chi connectivity index (χ1) is 7.22. The van der Waals surface area contributed by atoms with Gasteiger partial charge in [0, 0.05) is 0 Å². The molecule has 7 nitrogen and oxygen atoms in total. The van der Waals surface area contributed by atoms with E-state index in [2.05, 4.69) is 36.6 Å². The van der Waals surface area contributed by atoms with Gasteiger partial charge in [-0.05, 0) is 15.9 Å². The third-order valence-corrected chi connectivity index (χ3v) is 2.63. The summed E-state index contributed by atoms with van der Waals surface area (Å²) in [5.41, 5.74) is 8.68. The summed E-state index contributed by atoms with van der Waals surface area (Å²) >= 11 is 3.34. The van der Waals surface area contributed by atoms with Crippen LogP contribution in [-0.4, -0.2) is 17.1 Å². The molecule has 0 bridgehead atoms. The Morgan fingerprint density at radius 1 is 1.60 bits per heavy atom. The zero-order valence-electron chi connectivity index (χ0n) is 7.57. The lowest BCUT2D eigenvalue weighted by Gasteiger charge is -2.21. The molecule has 0 saturated carbocycles. The molecule has 6 N–H and O–H groups in total. The van der Waals surface area contributed by atoms with E-state index in [0.717, 1.165) is 0 Å². The van der Waals surface area contributed by atoms with E-state index in [4.69, 9.17) is 16.0 Å². The van der Waals surface area contributed by atoms with Crippen molar-refractivity contribution in [3.63, 3.8) is 0 Å². The zero-order valence-corrected chi connectivity index (χ0v) is 9.15. The first kappa shape index (κ1) is 10.1. The Balaban J connectivity index is 2.38. The number of aromatic nitrogens is 1. The Kier molecular flexibility index (Phi) is 2.71. The number of rotatable bonds is 2. The predicted molar refractivity (Wildman–Crippen MR) is 58.2 cm³/mol. The summed E-state index contributed by atoms with van der Waals surface area (Å²) in [7, 11) is 0. The SMILES string of the molecule is NNC1N=C(N)NC(c2ncco2)=C1Br. The van der Waals surface area contributed by atoms with Gasteiger partial charge in [0.1, 0.15) is 18.1 Å². The number of guanidine groups is 1. The van der Waals surface area contributed by atoms with Gasteiger partial charge in [0.25, 0.3) is 0 Å². The molecule has 8 heteroatoms. The van der Waals surface area contributed by atoms with E-state index in [1.807, 2.05) is 0 Å². The summed E-state index contributed by atoms with van der Waals surface area (Å²) in [5.74, 6) is 5.98. The van der Waals surface area contributed by atoms with Gasteiger partial charge < -0.3 is 15.5 Å². The maximum atomic E-state index is 5.58. The molecule has 1 aliphatic heterocycles. The van der Waals surface area contributed by atoms with Crippen LogP contribution in [0.5, 0.6) is 0 Å². The van der Waals surface area contributed by atoms with Crippen molar-refractivity contribution in [2.45, 2.75) is 6.17 Å². The molecule has 0 aliphatic carbocycles. The molecule has 80 valence electrons. The highest BCUT2D eigenvalue weighted by Crippen LogP contribution is 2.24. The fraction of sp³-hybridized carbons (Fsp3) is 0.143. The monoisotopic (exact) mass is 272 g/mol. The first-order valence-corrected chi connectivity index (χ1v) is 4.87. The molecular formula is C7H9BrN6O.